The van der Waals surface area contributed by atoms with Crippen molar-refractivity contribution in [1.82, 2.24) is 0 Å². The number of hydrogen-bond acceptors (Lipinski definition) is 0. The molecule has 2 rings (SSSR count). The van der Waals surface area contributed by atoms with Gasteiger partial charge in [-0.2, -0.15) is 0 Å². The van der Waals surface area contributed by atoms with Gasteiger partial charge in [0.25, 0.3) is 0 Å². The molecule has 0 aromatic heterocycles. The highest BCUT2D eigenvalue weighted by Gasteiger charge is 2.49. The zero-order chi connectivity index (χ0) is 11.1. The summed E-state index contributed by atoms with van der Waals surface area (Å²) < 4.78 is 0. The fourth-order valence-corrected chi connectivity index (χ4v) is 3.39. The zero-order valence-electron chi connectivity index (χ0n) is 9.92. The summed E-state index contributed by atoms with van der Waals surface area (Å²) in [5.41, 5.74) is 2.75. The standard InChI is InChI=1S/C15H21/c1-11(2)6-5-9-15(4)12(3)13-7-8-14(15)10-13/h1,5-6,13-14H,3,7-10H2,2,4H3/b6-5+,11-1?. The highest BCUT2D eigenvalue weighted by molar-refractivity contribution is 5.26. The molecule has 0 heterocycles. The van der Waals surface area contributed by atoms with Crippen molar-refractivity contribution in [2.75, 3.05) is 0 Å². The van der Waals surface area contributed by atoms with Crippen molar-refractivity contribution in [3.8, 4) is 0 Å². The molecular formula is C15H21. The van der Waals surface area contributed by atoms with Gasteiger partial charge in [0.2, 0.25) is 0 Å². The molecule has 0 heteroatoms. The Morgan fingerprint density at radius 1 is 1.60 bits per heavy atom. The first-order valence-corrected chi connectivity index (χ1v) is 5.99. The lowest BCUT2D eigenvalue weighted by atomic mass is 9.69. The van der Waals surface area contributed by atoms with Crippen LogP contribution in [0.25, 0.3) is 0 Å². The average Bonchev–Trinajstić information content (AvgIpc) is 2.70. The topological polar surface area (TPSA) is 0 Å². The van der Waals surface area contributed by atoms with Gasteiger partial charge < -0.3 is 0 Å². The molecule has 81 valence electrons. The Kier molecular flexibility index (Phi) is 2.62. The van der Waals surface area contributed by atoms with Gasteiger partial charge in [0.1, 0.15) is 0 Å². The Balaban J connectivity index is 2.07. The second-order valence-electron chi connectivity index (χ2n) is 5.50. The average molecular weight is 201 g/mol. The van der Waals surface area contributed by atoms with Crippen LogP contribution in [-0.4, -0.2) is 0 Å². The third-order valence-electron chi connectivity index (χ3n) is 4.48. The summed E-state index contributed by atoms with van der Waals surface area (Å²) in [5, 5.41) is 0. The number of rotatable bonds is 3. The van der Waals surface area contributed by atoms with Crippen molar-refractivity contribution in [3.63, 3.8) is 0 Å². The summed E-state index contributed by atoms with van der Waals surface area (Å²) in [4.78, 5) is 0. The number of hydrogen-bond donors (Lipinski definition) is 0. The molecule has 0 spiro atoms. The van der Waals surface area contributed by atoms with Gasteiger partial charge in [-0.1, -0.05) is 43.4 Å². The van der Waals surface area contributed by atoms with Gasteiger partial charge in [-0.3, -0.25) is 0 Å². The monoisotopic (exact) mass is 201 g/mol. The second-order valence-corrected chi connectivity index (χ2v) is 5.50. The normalized spacial score (nSPS) is 39.2. The molecule has 0 N–H and O–H groups in total. The summed E-state index contributed by atoms with van der Waals surface area (Å²) >= 11 is 0. The van der Waals surface area contributed by atoms with Gasteiger partial charge in [-0.15, -0.1) is 0 Å². The minimum absolute atomic E-state index is 0.356. The third-order valence-corrected chi connectivity index (χ3v) is 4.48. The van der Waals surface area contributed by atoms with Crippen LogP contribution in [0.5, 0.6) is 0 Å². The molecule has 2 saturated carbocycles. The fraction of sp³-hybridized carbons (Fsp3) is 0.600. The maximum absolute atomic E-state index is 5.64. The SMILES string of the molecule is [CH]=C(C)/C=C/CC1(C)C(=C)C2CCC1C2. The van der Waals surface area contributed by atoms with E-state index in [-0.39, 0.29) is 0 Å². The Morgan fingerprint density at radius 3 is 2.87 bits per heavy atom. The van der Waals surface area contributed by atoms with E-state index in [4.69, 9.17) is 6.58 Å². The van der Waals surface area contributed by atoms with Crippen molar-refractivity contribution in [2.45, 2.75) is 39.5 Å². The van der Waals surface area contributed by atoms with Crippen LogP contribution in [0.15, 0.2) is 29.9 Å². The van der Waals surface area contributed by atoms with Crippen molar-refractivity contribution in [2.24, 2.45) is 17.3 Å². The van der Waals surface area contributed by atoms with Crippen LogP contribution >= 0.6 is 0 Å². The summed E-state index contributed by atoms with van der Waals surface area (Å²) in [6.45, 7) is 14.3. The van der Waals surface area contributed by atoms with E-state index in [1.807, 2.05) is 13.0 Å². The molecule has 2 aliphatic carbocycles. The molecule has 2 fully saturated rings. The van der Waals surface area contributed by atoms with Crippen LogP contribution in [0, 0.1) is 23.8 Å². The van der Waals surface area contributed by atoms with Crippen molar-refractivity contribution in [1.29, 1.82) is 0 Å². The van der Waals surface area contributed by atoms with Gasteiger partial charge in [0.15, 0.2) is 0 Å². The summed E-state index contributed by atoms with van der Waals surface area (Å²) in [5.74, 6) is 1.69. The molecule has 15 heavy (non-hydrogen) atoms. The van der Waals surface area contributed by atoms with E-state index >= 15 is 0 Å². The highest BCUT2D eigenvalue weighted by atomic mass is 14.5. The van der Waals surface area contributed by atoms with Crippen LogP contribution in [0.4, 0.5) is 0 Å². The first-order valence-electron chi connectivity index (χ1n) is 5.99. The Labute approximate surface area is 93.8 Å². The Bertz CT molecular complexity index is 321. The van der Waals surface area contributed by atoms with E-state index in [0.29, 0.717) is 5.41 Å². The fourth-order valence-electron chi connectivity index (χ4n) is 3.39. The first-order chi connectivity index (χ1) is 7.04. The molecule has 0 nitrogen and oxygen atoms in total. The van der Waals surface area contributed by atoms with E-state index in [0.717, 1.165) is 23.8 Å². The molecule has 2 aliphatic rings. The smallest absolute Gasteiger partial charge is 0.00533 e. The van der Waals surface area contributed by atoms with E-state index in [1.54, 1.807) is 0 Å². The number of allylic oxidation sites excluding steroid dienone is 4. The molecule has 3 unspecified atom stereocenters. The van der Waals surface area contributed by atoms with Crippen molar-refractivity contribution in [3.05, 3.63) is 36.5 Å². The Morgan fingerprint density at radius 2 is 2.33 bits per heavy atom. The zero-order valence-corrected chi connectivity index (χ0v) is 9.92. The molecular weight excluding hydrogens is 180 g/mol. The quantitative estimate of drug-likeness (QED) is 0.471. The van der Waals surface area contributed by atoms with Crippen LogP contribution in [-0.2, 0) is 0 Å². The van der Waals surface area contributed by atoms with Crippen LogP contribution in [0.2, 0.25) is 0 Å². The van der Waals surface area contributed by atoms with Gasteiger partial charge in [-0.05, 0) is 49.9 Å². The summed E-state index contributed by atoms with van der Waals surface area (Å²) in [6, 6.07) is 0. The van der Waals surface area contributed by atoms with Crippen molar-refractivity contribution < 1.29 is 0 Å². The van der Waals surface area contributed by atoms with Gasteiger partial charge in [0, 0.05) is 0 Å². The lowest BCUT2D eigenvalue weighted by molar-refractivity contribution is 0.261. The van der Waals surface area contributed by atoms with E-state index in [1.165, 1.54) is 24.8 Å². The Hall–Kier alpha value is -0.780. The van der Waals surface area contributed by atoms with Gasteiger partial charge >= 0.3 is 0 Å². The lowest BCUT2D eigenvalue weighted by Crippen LogP contribution is -2.25. The molecule has 0 aliphatic heterocycles. The molecule has 0 saturated heterocycles. The maximum Gasteiger partial charge on any atom is -0.00533 e. The molecule has 3 atom stereocenters. The summed E-state index contributed by atoms with van der Waals surface area (Å²) in [7, 11) is 0. The van der Waals surface area contributed by atoms with Crippen LogP contribution in [0.1, 0.15) is 39.5 Å². The minimum Gasteiger partial charge on any atom is -0.0990 e. The first kappa shape index (κ1) is 10.7. The van der Waals surface area contributed by atoms with Gasteiger partial charge in [0.05, 0.1) is 0 Å². The predicted molar refractivity (Wildman–Crippen MR) is 65.3 cm³/mol. The van der Waals surface area contributed by atoms with Crippen LogP contribution < -0.4 is 0 Å². The lowest BCUT2D eigenvalue weighted by Gasteiger charge is -2.35. The van der Waals surface area contributed by atoms with E-state index < -0.39 is 0 Å². The number of fused-ring (bicyclic) bond motifs is 2. The van der Waals surface area contributed by atoms with Gasteiger partial charge in [-0.25, -0.2) is 0 Å². The molecule has 0 aromatic carbocycles. The minimum atomic E-state index is 0.356. The van der Waals surface area contributed by atoms with Crippen LogP contribution in [0.3, 0.4) is 0 Å². The van der Waals surface area contributed by atoms with Crippen molar-refractivity contribution >= 4 is 0 Å². The van der Waals surface area contributed by atoms with E-state index in [9.17, 15) is 0 Å². The predicted octanol–water partition coefficient (Wildman–Crippen LogP) is 4.30. The second kappa shape index (κ2) is 3.66. The third kappa shape index (κ3) is 1.71. The molecule has 0 aromatic rings. The molecule has 1 radical (unpaired) electrons. The van der Waals surface area contributed by atoms with E-state index in [2.05, 4.69) is 19.6 Å². The largest absolute Gasteiger partial charge is 0.0990 e. The highest BCUT2D eigenvalue weighted by Crippen LogP contribution is 2.60. The maximum atomic E-state index is 5.64. The summed E-state index contributed by atoms with van der Waals surface area (Å²) in [6.07, 6.45) is 9.53. The molecule has 2 bridgehead atoms. The molecule has 0 amide bonds.